The molecule has 1 N–H and O–H groups in total. The summed E-state index contributed by atoms with van der Waals surface area (Å²) in [5.74, 6) is 0.554. The van der Waals surface area contributed by atoms with E-state index < -0.39 is 0 Å². The summed E-state index contributed by atoms with van der Waals surface area (Å²) < 4.78 is 5.87. The number of nitrogens with one attached hydrogen (secondary N) is 1. The Kier molecular flexibility index (Phi) is 5.53. The van der Waals surface area contributed by atoms with E-state index in [2.05, 4.69) is 17.2 Å². The summed E-state index contributed by atoms with van der Waals surface area (Å²) in [7, 11) is 0. The summed E-state index contributed by atoms with van der Waals surface area (Å²) in [6.07, 6.45) is 6.95. The van der Waals surface area contributed by atoms with Crippen LogP contribution in [0.3, 0.4) is 0 Å². The van der Waals surface area contributed by atoms with Gasteiger partial charge in [0, 0.05) is 18.4 Å². The number of amides is 1. The molecule has 4 heteroatoms. The lowest BCUT2D eigenvalue weighted by atomic mass is 9.88. The molecule has 1 aromatic heterocycles. The highest BCUT2D eigenvalue weighted by atomic mass is 16.5. The van der Waals surface area contributed by atoms with Crippen molar-refractivity contribution in [3.05, 3.63) is 29.6 Å². The fraction of sp³-hybridized carbons (Fsp3) is 0.625. The zero-order valence-electron chi connectivity index (χ0n) is 12.4. The van der Waals surface area contributed by atoms with Gasteiger partial charge in [-0.3, -0.25) is 9.78 Å². The van der Waals surface area contributed by atoms with E-state index in [1.165, 1.54) is 19.3 Å². The quantitative estimate of drug-likeness (QED) is 0.841. The van der Waals surface area contributed by atoms with Crippen molar-refractivity contribution in [2.45, 2.75) is 45.6 Å². The zero-order valence-corrected chi connectivity index (χ0v) is 12.4. The fourth-order valence-corrected chi connectivity index (χ4v) is 2.61. The third kappa shape index (κ3) is 4.30. The monoisotopic (exact) mass is 276 g/mol. The minimum atomic E-state index is -0.0854. The van der Waals surface area contributed by atoms with E-state index in [9.17, 15) is 4.79 Å². The average molecular weight is 276 g/mol. The van der Waals surface area contributed by atoms with Crippen molar-refractivity contribution in [3.63, 3.8) is 0 Å². The second kappa shape index (κ2) is 7.39. The molecular formula is C16H24N2O2. The summed E-state index contributed by atoms with van der Waals surface area (Å²) in [6, 6.07) is 3.64. The van der Waals surface area contributed by atoms with Crippen molar-refractivity contribution in [1.29, 1.82) is 0 Å². The molecule has 2 unspecified atom stereocenters. The highest BCUT2D eigenvalue weighted by Gasteiger charge is 2.21. The zero-order chi connectivity index (χ0) is 14.4. The molecule has 0 spiro atoms. The lowest BCUT2D eigenvalue weighted by molar-refractivity contribution is -0.00294. The summed E-state index contributed by atoms with van der Waals surface area (Å²) in [6.45, 7) is 5.29. The van der Waals surface area contributed by atoms with Crippen molar-refractivity contribution in [2.75, 3.05) is 13.2 Å². The molecule has 0 radical (unpaired) electrons. The van der Waals surface area contributed by atoms with Crippen LogP contribution in [0.4, 0.5) is 0 Å². The molecule has 0 aliphatic heterocycles. The maximum Gasteiger partial charge on any atom is 0.252 e. The maximum atomic E-state index is 11.9. The van der Waals surface area contributed by atoms with Crippen molar-refractivity contribution in [2.24, 2.45) is 5.92 Å². The van der Waals surface area contributed by atoms with Crippen molar-refractivity contribution < 1.29 is 9.53 Å². The predicted octanol–water partition coefficient (Wildman–Crippen LogP) is 2.72. The average Bonchev–Trinajstić information content (AvgIpc) is 2.46. The minimum absolute atomic E-state index is 0.0854. The molecule has 20 heavy (non-hydrogen) atoms. The Morgan fingerprint density at radius 1 is 1.40 bits per heavy atom. The normalized spacial score (nSPS) is 22.5. The topological polar surface area (TPSA) is 51.2 Å². The standard InChI is InChI=1S/C16H24N2O2/c1-12-5-3-4-6-15(12)20-10-9-17-16(19)14-8-7-13(2)18-11-14/h7-8,11-12,15H,3-6,9-10H2,1-2H3,(H,17,19). The first kappa shape index (κ1) is 15.0. The predicted molar refractivity (Wildman–Crippen MR) is 78.7 cm³/mol. The third-order valence-electron chi connectivity index (χ3n) is 3.93. The Morgan fingerprint density at radius 3 is 2.90 bits per heavy atom. The summed E-state index contributed by atoms with van der Waals surface area (Å²) >= 11 is 0. The molecule has 1 saturated carbocycles. The van der Waals surface area contributed by atoms with Crippen LogP contribution < -0.4 is 5.32 Å². The first-order valence-electron chi connectivity index (χ1n) is 7.49. The summed E-state index contributed by atoms with van der Waals surface area (Å²) in [4.78, 5) is 16.0. The SMILES string of the molecule is Cc1ccc(C(=O)NCCOC2CCCCC2C)cn1. The van der Waals surface area contributed by atoms with Gasteiger partial charge in [0.15, 0.2) is 0 Å². The van der Waals surface area contributed by atoms with Gasteiger partial charge in [0.05, 0.1) is 18.3 Å². The molecule has 4 nitrogen and oxygen atoms in total. The molecule has 2 rings (SSSR count). The fourth-order valence-electron chi connectivity index (χ4n) is 2.61. The number of aryl methyl sites for hydroxylation is 1. The maximum absolute atomic E-state index is 11.9. The van der Waals surface area contributed by atoms with Crippen LogP contribution in [-0.2, 0) is 4.74 Å². The molecule has 0 bridgehead atoms. The number of rotatable bonds is 5. The van der Waals surface area contributed by atoms with Crippen LogP contribution >= 0.6 is 0 Å². The Bertz CT molecular complexity index is 431. The molecule has 0 aromatic carbocycles. The second-order valence-electron chi connectivity index (χ2n) is 5.62. The number of carbonyl (C=O) groups is 1. The first-order valence-corrected chi connectivity index (χ1v) is 7.49. The van der Waals surface area contributed by atoms with E-state index in [1.54, 1.807) is 12.3 Å². The first-order chi connectivity index (χ1) is 9.66. The Hall–Kier alpha value is -1.42. The van der Waals surface area contributed by atoms with Crippen molar-refractivity contribution >= 4 is 5.91 Å². The summed E-state index contributed by atoms with van der Waals surface area (Å²) in [5.41, 5.74) is 1.51. The van der Waals surface area contributed by atoms with Gasteiger partial charge in [0.25, 0.3) is 5.91 Å². The molecular weight excluding hydrogens is 252 g/mol. The van der Waals surface area contributed by atoms with Gasteiger partial charge in [-0.15, -0.1) is 0 Å². The van der Waals surface area contributed by atoms with E-state index in [-0.39, 0.29) is 5.91 Å². The molecule has 1 aromatic rings. The second-order valence-corrected chi connectivity index (χ2v) is 5.62. The molecule has 0 saturated heterocycles. The molecule has 1 amide bonds. The van der Waals surface area contributed by atoms with Crippen LogP contribution in [0.25, 0.3) is 0 Å². The number of ether oxygens (including phenoxy) is 1. The number of aromatic nitrogens is 1. The van der Waals surface area contributed by atoms with E-state index in [0.717, 1.165) is 12.1 Å². The molecule has 1 aliphatic rings. The van der Waals surface area contributed by atoms with Gasteiger partial charge >= 0.3 is 0 Å². The summed E-state index contributed by atoms with van der Waals surface area (Å²) in [5, 5.41) is 2.87. The number of hydrogen-bond acceptors (Lipinski definition) is 3. The van der Waals surface area contributed by atoms with Gasteiger partial charge in [0.2, 0.25) is 0 Å². The van der Waals surface area contributed by atoms with Gasteiger partial charge < -0.3 is 10.1 Å². The van der Waals surface area contributed by atoms with Crippen LogP contribution in [0.1, 0.15) is 48.7 Å². The van der Waals surface area contributed by atoms with Gasteiger partial charge in [-0.25, -0.2) is 0 Å². The number of hydrogen-bond donors (Lipinski definition) is 1. The van der Waals surface area contributed by atoms with Gasteiger partial charge in [-0.1, -0.05) is 19.8 Å². The van der Waals surface area contributed by atoms with Crippen molar-refractivity contribution in [3.8, 4) is 0 Å². The van der Waals surface area contributed by atoms with E-state index >= 15 is 0 Å². The van der Waals surface area contributed by atoms with Crippen LogP contribution in [-0.4, -0.2) is 30.1 Å². The van der Waals surface area contributed by atoms with Crippen LogP contribution in [0.2, 0.25) is 0 Å². The molecule has 1 heterocycles. The van der Waals surface area contributed by atoms with Crippen molar-refractivity contribution in [1.82, 2.24) is 10.3 Å². The van der Waals surface area contributed by atoms with Gasteiger partial charge in [-0.2, -0.15) is 0 Å². The lowest BCUT2D eigenvalue weighted by Crippen LogP contribution is -2.31. The van der Waals surface area contributed by atoms with Crippen LogP contribution in [0, 0.1) is 12.8 Å². The smallest absolute Gasteiger partial charge is 0.252 e. The molecule has 1 fully saturated rings. The highest BCUT2D eigenvalue weighted by molar-refractivity contribution is 5.93. The Morgan fingerprint density at radius 2 is 2.20 bits per heavy atom. The Labute approximate surface area is 120 Å². The number of carbonyl (C=O) groups excluding carboxylic acids is 1. The van der Waals surface area contributed by atoms with Gasteiger partial charge in [-0.05, 0) is 37.8 Å². The van der Waals surface area contributed by atoms with E-state index in [1.807, 2.05) is 13.0 Å². The highest BCUT2D eigenvalue weighted by Crippen LogP contribution is 2.25. The van der Waals surface area contributed by atoms with E-state index in [4.69, 9.17) is 4.74 Å². The van der Waals surface area contributed by atoms with Crippen LogP contribution in [0.5, 0.6) is 0 Å². The molecule has 2 atom stereocenters. The Balaban J connectivity index is 1.67. The van der Waals surface area contributed by atoms with E-state index in [0.29, 0.717) is 30.7 Å². The number of nitrogens with zero attached hydrogens (tertiary/aromatic N) is 1. The largest absolute Gasteiger partial charge is 0.376 e. The van der Waals surface area contributed by atoms with Crippen LogP contribution in [0.15, 0.2) is 18.3 Å². The van der Waals surface area contributed by atoms with Gasteiger partial charge in [0.1, 0.15) is 0 Å². The molecule has 1 aliphatic carbocycles. The lowest BCUT2D eigenvalue weighted by Gasteiger charge is -2.28. The third-order valence-corrected chi connectivity index (χ3v) is 3.93. The number of pyridine rings is 1. The molecule has 110 valence electrons. The minimum Gasteiger partial charge on any atom is -0.376 e.